The van der Waals surface area contributed by atoms with Crippen LogP contribution in [0.15, 0.2) is 116 Å². The van der Waals surface area contributed by atoms with Crippen LogP contribution < -0.4 is 20.8 Å². The molecule has 1 heterocycles. The normalized spacial score (nSPS) is 11.0. The second-order valence-electron chi connectivity index (χ2n) is 7.84. The summed E-state index contributed by atoms with van der Waals surface area (Å²) in [5.74, 6) is 0.850. The Hall–Kier alpha value is -3.75. The molecule has 5 rings (SSSR count). The summed E-state index contributed by atoms with van der Waals surface area (Å²) in [7, 11) is 3.39. The highest BCUT2D eigenvalue weighted by Crippen LogP contribution is 2.39. The average molecular weight is 449 g/mol. The highest BCUT2D eigenvalue weighted by atomic mass is 31.1. The monoisotopic (exact) mass is 448 g/mol. The number of nitrogens with zero attached hydrogens (tertiary/aromatic N) is 4. The van der Waals surface area contributed by atoms with Crippen molar-refractivity contribution in [3.05, 3.63) is 116 Å². The summed E-state index contributed by atoms with van der Waals surface area (Å²) >= 11 is 0. The fourth-order valence-electron chi connectivity index (χ4n) is 4.13. The Labute approximate surface area is 195 Å². The highest BCUT2D eigenvalue weighted by Gasteiger charge is 2.22. The first kappa shape index (κ1) is 21.1. The predicted octanol–water partition coefficient (Wildman–Crippen LogP) is 5.01. The molecule has 0 saturated carbocycles. The molecule has 0 aliphatic carbocycles. The van der Waals surface area contributed by atoms with Crippen molar-refractivity contribution in [2.75, 3.05) is 11.9 Å². The molecule has 1 aromatic heterocycles. The van der Waals surface area contributed by atoms with Crippen LogP contribution in [0.3, 0.4) is 0 Å². The number of benzene rings is 4. The zero-order valence-electron chi connectivity index (χ0n) is 18.7. The molecule has 4 nitrogen and oxygen atoms in total. The molecule has 0 amide bonds. The van der Waals surface area contributed by atoms with E-state index in [2.05, 4.69) is 125 Å². The Morgan fingerprint density at radius 1 is 0.667 bits per heavy atom. The van der Waals surface area contributed by atoms with Gasteiger partial charge in [-0.05, 0) is 36.7 Å². The number of hydrogen-bond acceptors (Lipinski definition) is 3. The van der Waals surface area contributed by atoms with Crippen LogP contribution in [0.2, 0.25) is 0 Å². The van der Waals surface area contributed by atoms with E-state index in [1.165, 1.54) is 21.6 Å². The summed E-state index contributed by atoms with van der Waals surface area (Å²) in [6.45, 7) is 0. The minimum Gasteiger partial charge on any atom is -0.343 e. The van der Waals surface area contributed by atoms with Gasteiger partial charge in [-0.2, -0.15) is 0 Å². The van der Waals surface area contributed by atoms with Gasteiger partial charge in [0, 0.05) is 30.7 Å². The van der Waals surface area contributed by atoms with Gasteiger partial charge in [-0.3, -0.25) is 0 Å². The second-order valence-corrected chi connectivity index (χ2v) is 10.0. The van der Waals surface area contributed by atoms with E-state index >= 15 is 0 Å². The van der Waals surface area contributed by atoms with E-state index in [0.29, 0.717) is 0 Å². The van der Waals surface area contributed by atoms with Crippen LogP contribution in [0.5, 0.6) is 0 Å². The third kappa shape index (κ3) is 4.18. The topological polar surface area (TPSA) is 34.0 Å². The van der Waals surface area contributed by atoms with Crippen molar-refractivity contribution >= 4 is 35.2 Å². The average Bonchev–Trinajstić information content (AvgIpc) is 3.31. The number of anilines is 2. The van der Waals surface area contributed by atoms with E-state index < -0.39 is 7.92 Å². The van der Waals surface area contributed by atoms with Gasteiger partial charge in [0.15, 0.2) is 5.82 Å². The van der Waals surface area contributed by atoms with Crippen LogP contribution in [-0.2, 0) is 7.05 Å². The van der Waals surface area contributed by atoms with Gasteiger partial charge in [-0.15, -0.1) is 10.2 Å². The molecule has 5 aromatic rings. The summed E-state index contributed by atoms with van der Waals surface area (Å²) in [4.78, 5) is 2.28. The number of aromatic nitrogens is 3. The van der Waals surface area contributed by atoms with Crippen LogP contribution in [0.25, 0.3) is 11.4 Å². The molecule has 0 saturated heterocycles. The minimum absolute atomic E-state index is 0.725. The minimum atomic E-state index is -0.725. The molecule has 0 atom stereocenters. The summed E-state index contributed by atoms with van der Waals surface area (Å²) in [6, 6.07) is 38.7. The van der Waals surface area contributed by atoms with Crippen molar-refractivity contribution in [1.29, 1.82) is 0 Å². The van der Waals surface area contributed by atoms with Gasteiger partial charge in [-0.25, -0.2) is 0 Å². The van der Waals surface area contributed by atoms with Crippen molar-refractivity contribution in [1.82, 2.24) is 14.8 Å². The molecular formula is C28H25N4P. The summed E-state index contributed by atoms with van der Waals surface area (Å²) in [6.07, 6.45) is 1.74. The SMILES string of the molecule is CN(c1ccccc1-c1nncn1C)c1ccccc1P(c1ccccc1)c1ccccc1. The lowest BCUT2D eigenvalue weighted by molar-refractivity contribution is 0.919. The molecule has 5 heteroatoms. The van der Waals surface area contributed by atoms with Gasteiger partial charge < -0.3 is 9.47 Å². The zero-order chi connectivity index (χ0) is 22.6. The van der Waals surface area contributed by atoms with E-state index in [9.17, 15) is 0 Å². The Balaban J connectivity index is 1.67. The Bertz CT molecular complexity index is 1310. The molecule has 0 fully saturated rings. The highest BCUT2D eigenvalue weighted by molar-refractivity contribution is 7.80. The van der Waals surface area contributed by atoms with Gasteiger partial charge >= 0.3 is 0 Å². The molecule has 0 bridgehead atoms. The number of aryl methyl sites for hydroxylation is 1. The van der Waals surface area contributed by atoms with Crippen LogP contribution in [0.1, 0.15) is 0 Å². The van der Waals surface area contributed by atoms with Gasteiger partial charge in [0.25, 0.3) is 0 Å². The Morgan fingerprint density at radius 3 is 1.82 bits per heavy atom. The molecule has 162 valence electrons. The van der Waals surface area contributed by atoms with Crippen LogP contribution in [0, 0.1) is 0 Å². The molecular weight excluding hydrogens is 423 g/mol. The summed E-state index contributed by atoms with van der Waals surface area (Å²) < 4.78 is 1.96. The third-order valence-corrected chi connectivity index (χ3v) is 8.22. The Kier molecular flexibility index (Phi) is 6.01. The maximum Gasteiger partial charge on any atom is 0.165 e. The molecule has 0 radical (unpaired) electrons. The lowest BCUT2D eigenvalue weighted by atomic mass is 10.1. The molecule has 33 heavy (non-hydrogen) atoms. The molecule has 0 N–H and O–H groups in total. The number of para-hydroxylation sites is 2. The van der Waals surface area contributed by atoms with E-state index in [0.717, 1.165) is 17.1 Å². The molecule has 0 unspecified atom stereocenters. The van der Waals surface area contributed by atoms with Gasteiger partial charge in [0.2, 0.25) is 0 Å². The molecule has 0 spiro atoms. The molecule has 0 aliphatic heterocycles. The first-order chi connectivity index (χ1) is 16.2. The maximum absolute atomic E-state index is 4.37. The zero-order valence-corrected chi connectivity index (χ0v) is 19.6. The molecule has 4 aromatic carbocycles. The summed E-state index contributed by atoms with van der Waals surface area (Å²) in [5.41, 5.74) is 3.33. The van der Waals surface area contributed by atoms with Crippen molar-refractivity contribution in [2.45, 2.75) is 0 Å². The number of rotatable bonds is 6. The van der Waals surface area contributed by atoms with Gasteiger partial charge in [0.1, 0.15) is 6.33 Å². The number of hydrogen-bond donors (Lipinski definition) is 0. The van der Waals surface area contributed by atoms with Crippen molar-refractivity contribution < 1.29 is 0 Å². The van der Waals surface area contributed by atoms with E-state index in [-0.39, 0.29) is 0 Å². The van der Waals surface area contributed by atoms with Gasteiger partial charge in [-0.1, -0.05) is 91.0 Å². The lowest BCUT2D eigenvalue weighted by Gasteiger charge is -2.28. The fourth-order valence-corrected chi connectivity index (χ4v) is 6.61. The maximum atomic E-state index is 4.37. The van der Waals surface area contributed by atoms with Crippen molar-refractivity contribution in [3.8, 4) is 11.4 Å². The van der Waals surface area contributed by atoms with E-state index in [1.54, 1.807) is 6.33 Å². The fraction of sp³-hybridized carbons (Fsp3) is 0.0714. The second kappa shape index (κ2) is 9.40. The smallest absolute Gasteiger partial charge is 0.165 e. The third-order valence-electron chi connectivity index (χ3n) is 5.73. The van der Waals surface area contributed by atoms with Crippen LogP contribution >= 0.6 is 7.92 Å². The van der Waals surface area contributed by atoms with Crippen LogP contribution in [0.4, 0.5) is 11.4 Å². The largest absolute Gasteiger partial charge is 0.343 e. The van der Waals surface area contributed by atoms with E-state index in [1.807, 2.05) is 17.7 Å². The lowest BCUT2D eigenvalue weighted by Crippen LogP contribution is -2.26. The van der Waals surface area contributed by atoms with Crippen LogP contribution in [-0.4, -0.2) is 21.8 Å². The Morgan fingerprint density at radius 2 is 1.21 bits per heavy atom. The first-order valence-corrected chi connectivity index (χ1v) is 12.2. The summed E-state index contributed by atoms with van der Waals surface area (Å²) in [5, 5.41) is 12.4. The quantitative estimate of drug-likeness (QED) is 0.343. The first-order valence-electron chi connectivity index (χ1n) is 10.9. The predicted molar refractivity (Wildman–Crippen MR) is 140 cm³/mol. The standard InChI is InChI=1S/C28H25N4P/c1-31-21-29-30-28(31)24-17-9-10-18-25(24)32(2)26-19-11-12-20-27(26)33(22-13-5-3-6-14-22)23-15-7-4-8-16-23/h3-21H,1-2H3. The van der Waals surface area contributed by atoms with Crippen molar-refractivity contribution in [2.24, 2.45) is 7.05 Å². The van der Waals surface area contributed by atoms with E-state index in [4.69, 9.17) is 0 Å². The van der Waals surface area contributed by atoms with Gasteiger partial charge in [0.05, 0.1) is 5.69 Å². The molecule has 0 aliphatic rings. The van der Waals surface area contributed by atoms with Crippen molar-refractivity contribution in [3.63, 3.8) is 0 Å².